The average molecular weight is 1030 g/mol. The molecule has 0 aliphatic carbocycles. The second kappa shape index (κ2) is 18.1. The van der Waals surface area contributed by atoms with Crippen molar-refractivity contribution in [2.75, 3.05) is 9.80 Å². The molecule has 0 bridgehead atoms. The maximum absolute atomic E-state index is 2.59. The second-order valence-electron chi connectivity index (χ2n) is 25.0. The van der Waals surface area contributed by atoms with E-state index < -0.39 is 0 Å². The zero-order chi connectivity index (χ0) is 55.5. The van der Waals surface area contributed by atoms with Crippen LogP contribution in [-0.4, -0.2) is 8.80 Å². The van der Waals surface area contributed by atoms with Crippen LogP contribution in [0.5, 0.6) is 0 Å². The van der Waals surface area contributed by atoms with Gasteiger partial charge in [-0.05, 0) is 237 Å². The Kier molecular flexibility index (Phi) is 11.6. The SMILES string of the molecule is Cc1cc(N(c2cc(C)c(C(C)C)c(C)c2)c2ccc3c4cccc5c6cc7c(cc6n(c3c2)c45)c2cccc3c4ccc(N(c5cc(C)c(C(C)C)c(C)c5)c5cc(C)c(C(C)C)c(C)c5C)cc4n7c32)cc(C)c1C(C)C. The van der Waals surface area contributed by atoms with E-state index in [4.69, 9.17) is 0 Å². The Hall–Kier alpha value is -7.82. The molecule has 13 rings (SSSR count). The van der Waals surface area contributed by atoms with Crippen LogP contribution in [0, 0.1) is 62.3 Å². The third-order valence-electron chi connectivity index (χ3n) is 18.4. The number of hydrogen-bond donors (Lipinski definition) is 0. The van der Waals surface area contributed by atoms with Crippen LogP contribution in [0.15, 0.2) is 127 Å². The molecule has 4 nitrogen and oxygen atoms in total. The van der Waals surface area contributed by atoms with Gasteiger partial charge in [-0.3, -0.25) is 0 Å². The lowest BCUT2D eigenvalue weighted by Crippen LogP contribution is -2.15. The Balaban J connectivity index is 1.06. The van der Waals surface area contributed by atoms with Gasteiger partial charge in [0.05, 0.1) is 33.1 Å². The summed E-state index contributed by atoms with van der Waals surface area (Å²) in [6, 6.07) is 50.3. The average Bonchev–Trinajstić information content (AvgIpc) is 2.57. The van der Waals surface area contributed by atoms with Gasteiger partial charge in [-0.1, -0.05) is 104 Å². The first-order valence-electron chi connectivity index (χ1n) is 29.1. The highest BCUT2D eigenvalue weighted by Gasteiger charge is 2.27. The molecule has 0 radical (unpaired) electrons. The van der Waals surface area contributed by atoms with Gasteiger partial charge in [-0.15, -0.1) is 0 Å². The largest absolute Gasteiger partial charge is 0.310 e. The zero-order valence-corrected chi connectivity index (χ0v) is 49.7. The molecule has 9 aromatic carbocycles. The minimum atomic E-state index is 0.441. The number of aryl methyl sites for hydroxylation is 7. The molecule has 0 saturated carbocycles. The summed E-state index contributed by atoms with van der Waals surface area (Å²) < 4.78 is 5.17. The molecule has 0 aliphatic rings. The first-order valence-corrected chi connectivity index (χ1v) is 29.1. The number of hydrogen-bond acceptors (Lipinski definition) is 2. The van der Waals surface area contributed by atoms with Gasteiger partial charge in [-0.2, -0.15) is 0 Å². The number of benzene rings is 9. The van der Waals surface area contributed by atoms with E-state index in [1.807, 2.05) is 0 Å². The van der Waals surface area contributed by atoms with Crippen LogP contribution in [0.2, 0.25) is 0 Å². The van der Waals surface area contributed by atoms with Crippen LogP contribution >= 0.6 is 0 Å². The van der Waals surface area contributed by atoms with Crippen molar-refractivity contribution in [1.29, 1.82) is 0 Å². The Labute approximate surface area is 467 Å². The predicted molar refractivity (Wildman–Crippen MR) is 344 cm³/mol. The van der Waals surface area contributed by atoms with E-state index in [9.17, 15) is 0 Å². The summed E-state index contributed by atoms with van der Waals surface area (Å²) in [5, 5.41) is 10.3. The fourth-order valence-corrected chi connectivity index (χ4v) is 15.8. The quantitative estimate of drug-likeness (QED) is 0.136. The maximum atomic E-state index is 2.59. The van der Waals surface area contributed by atoms with Crippen LogP contribution < -0.4 is 9.80 Å². The lowest BCUT2D eigenvalue weighted by Gasteiger charge is -2.31. The summed E-state index contributed by atoms with van der Waals surface area (Å²) in [5.74, 6) is 1.78. The number of aromatic nitrogens is 2. The van der Waals surface area contributed by atoms with Crippen molar-refractivity contribution < 1.29 is 0 Å². The van der Waals surface area contributed by atoms with Gasteiger partial charge in [0, 0.05) is 77.2 Å². The van der Waals surface area contributed by atoms with Crippen molar-refractivity contribution in [3.8, 4) is 0 Å². The van der Waals surface area contributed by atoms with Crippen LogP contribution in [-0.2, 0) is 0 Å². The number of anilines is 6. The molecular formula is C75H76N4. The topological polar surface area (TPSA) is 15.3 Å². The Morgan fingerprint density at radius 1 is 0.278 bits per heavy atom. The molecule has 0 N–H and O–H groups in total. The molecule has 13 aromatic rings. The maximum Gasteiger partial charge on any atom is 0.0620 e. The standard InChI is InChI=1S/C75H76N4/c1-39(2)70-43(9)28-54(29-44(70)10)76(55-30-45(11)71(40(3)4)46(12)31-55)52-24-26-57-59-20-18-22-61-63-38-69-64(37-68(63)78(74(59)61)66(57)35-52)62-23-19-21-60-58-27-25-53(36-67(58)79(69)75(60)62)77(56-32-47(13)72(41(5)6)48(14)33-56)65-34-49(15)73(42(7)8)51(17)50(65)16/h18-42H,1-17H3. The van der Waals surface area contributed by atoms with Crippen LogP contribution in [0.1, 0.15) is 151 Å². The molecule has 0 aliphatic heterocycles. The van der Waals surface area contributed by atoms with E-state index in [1.54, 1.807) is 0 Å². The highest BCUT2D eigenvalue weighted by Crippen LogP contribution is 2.49. The van der Waals surface area contributed by atoms with Crippen molar-refractivity contribution in [2.24, 2.45) is 0 Å². The Bertz CT molecular complexity index is 4530. The van der Waals surface area contributed by atoms with Gasteiger partial charge in [0.15, 0.2) is 0 Å². The summed E-state index contributed by atoms with van der Waals surface area (Å²) in [6.07, 6.45) is 0. The third kappa shape index (κ3) is 7.38. The molecule has 79 heavy (non-hydrogen) atoms. The Morgan fingerprint density at radius 2 is 0.595 bits per heavy atom. The van der Waals surface area contributed by atoms with E-state index in [0.717, 1.165) is 11.4 Å². The molecule has 4 heterocycles. The van der Waals surface area contributed by atoms with Crippen molar-refractivity contribution >= 4 is 110 Å². The summed E-state index contributed by atoms with van der Waals surface area (Å²) in [7, 11) is 0. The first kappa shape index (κ1) is 50.7. The highest BCUT2D eigenvalue weighted by atomic mass is 15.2. The lowest BCUT2D eigenvalue weighted by molar-refractivity contribution is 0.842. The zero-order valence-electron chi connectivity index (χ0n) is 49.7. The van der Waals surface area contributed by atoms with E-state index in [-0.39, 0.29) is 0 Å². The fourth-order valence-electron chi connectivity index (χ4n) is 15.8. The van der Waals surface area contributed by atoms with Crippen LogP contribution in [0.4, 0.5) is 34.1 Å². The Morgan fingerprint density at radius 3 is 0.962 bits per heavy atom. The normalized spacial score (nSPS) is 12.6. The van der Waals surface area contributed by atoms with Gasteiger partial charge >= 0.3 is 0 Å². The molecule has 0 saturated heterocycles. The number of rotatable bonds is 10. The molecule has 396 valence electrons. The summed E-state index contributed by atoms with van der Waals surface area (Å²) in [5.41, 5.74) is 32.5. The number of nitrogens with zero attached hydrogens (tertiary/aromatic N) is 4. The first-order chi connectivity index (χ1) is 37.7. The minimum absolute atomic E-state index is 0.441. The van der Waals surface area contributed by atoms with E-state index in [0.29, 0.717) is 23.7 Å². The third-order valence-corrected chi connectivity index (χ3v) is 18.4. The van der Waals surface area contributed by atoms with Crippen molar-refractivity contribution in [2.45, 2.75) is 141 Å². The molecule has 4 heteroatoms. The monoisotopic (exact) mass is 1030 g/mol. The van der Waals surface area contributed by atoms with Crippen molar-refractivity contribution in [1.82, 2.24) is 8.80 Å². The highest BCUT2D eigenvalue weighted by molar-refractivity contribution is 6.29. The number of para-hydroxylation sites is 2. The molecule has 0 spiro atoms. The molecule has 0 unspecified atom stereocenters. The van der Waals surface area contributed by atoms with Gasteiger partial charge < -0.3 is 18.6 Å². The van der Waals surface area contributed by atoms with Crippen LogP contribution in [0.25, 0.3) is 76.2 Å². The molecule has 0 amide bonds. The van der Waals surface area contributed by atoms with Crippen molar-refractivity contribution in [3.63, 3.8) is 0 Å². The summed E-state index contributed by atoms with van der Waals surface area (Å²) >= 11 is 0. The van der Waals surface area contributed by atoms with Crippen molar-refractivity contribution in [3.05, 3.63) is 200 Å². The van der Waals surface area contributed by atoms with E-state index in [2.05, 4.69) is 264 Å². The summed E-state index contributed by atoms with van der Waals surface area (Å²) in [4.78, 5) is 5.06. The van der Waals surface area contributed by atoms with Gasteiger partial charge in [0.25, 0.3) is 0 Å². The van der Waals surface area contributed by atoms with Gasteiger partial charge in [0.2, 0.25) is 0 Å². The van der Waals surface area contributed by atoms with E-state index in [1.165, 1.54) is 171 Å². The second-order valence-corrected chi connectivity index (χ2v) is 25.0. The fraction of sp³-hybridized carbons (Fsp3) is 0.280. The molecule has 0 fully saturated rings. The van der Waals surface area contributed by atoms with Gasteiger partial charge in [0.1, 0.15) is 0 Å². The number of fused-ring (bicyclic) bond motifs is 12. The molecule has 0 atom stereocenters. The lowest BCUT2D eigenvalue weighted by atomic mass is 9.88. The molecular weight excluding hydrogens is 957 g/mol. The molecule has 4 aromatic heterocycles. The van der Waals surface area contributed by atoms with Crippen LogP contribution in [0.3, 0.4) is 0 Å². The summed E-state index contributed by atoms with van der Waals surface area (Å²) in [6.45, 7) is 39.3. The van der Waals surface area contributed by atoms with E-state index >= 15 is 0 Å². The minimum Gasteiger partial charge on any atom is -0.310 e. The smallest absolute Gasteiger partial charge is 0.0620 e. The predicted octanol–water partition coefficient (Wildman–Crippen LogP) is 22.2. The van der Waals surface area contributed by atoms with Gasteiger partial charge in [-0.25, -0.2) is 0 Å².